The summed E-state index contributed by atoms with van der Waals surface area (Å²) in [4.78, 5) is 21.3. The van der Waals surface area contributed by atoms with Gasteiger partial charge in [0.25, 0.3) is 5.91 Å². The summed E-state index contributed by atoms with van der Waals surface area (Å²) in [7, 11) is 0. The van der Waals surface area contributed by atoms with Crippen molar-refractivity contribution in [3.05, 3.63) is 53.1 Å². The van der Waals surface area contributed by atoms with E-state index >= 15 is 0 Å². The Hall–Kier alpha value is -1.85. The third-order valence-corrected chi connectivity index (χ3v) is 4.59. The van der Waals surface area contributed by atoms with E-state index in [1.54, 1.807) is 24.7 Å². The van der Waals surface area contributed by atoms with E-state index in [0.717, 1.165) is 43.1 Å². The molecule has 1 fully saturated rings. The summed E-state index contributed by atoms with van der Waals surface area (Å²) in [5.74, 6) is 0.438. The van der Waals surface area contributed by atoms with Crippen LogP contribution in [0.4, 0.5) is 0 Å². The minimum atomic E-state index is -0.0377. The highest BCUT2D eigenvalue weighted by Gasteiger charge is 2.21. The van der Waals surface area contributed by atoms with Gasteiger partial charge in [0, 0.05) is 38.2 Å². The predicted molar refractivity (Wildman–Crippen MR) is 90.4 cm³/mol. The first-order valence-corrected chi connectivity index (χ1v) is 8.32. The lowest BCUT2D eigenvalue weighted by Crippen LogP contribution is -2.40. The molecule has 0 aromatic carbocycles. The Bertz CT molecular complexity index is 644. The second kappa shape index (κ2) is 7.62. The second-order valence-corrected chi connectivity index (χ2v) is 6.41. The van der Waals surface area contributed by atoms with E-state index < -0.39 is 0 Å². The highest BCUT2D eigenvalue weighted by atomic mass is 35.5. The average Bonchev–Trinajstić information content (AvgIpc) is 3.10. The molecule has 0 radical (unpaired) electrons. The number of nitrogens with one attached hydrogen (secondary N) is 2. The Morgan fingerprint density at radius 1 is 1.48 bits per heavy atom. The van der Waals surface area contributed by atoms with Crippen molar-refractivity contribution in [3.63, 3.8) is 0 Å². The number of nitrogens with zero attached hydrogens (tertiary/aromatic N) is 2. The topological polar surface area (TPSA) is 61.0 Å². The van der Waals surface area contributed by atoms with Crippen molar-refractivity contribution < 1.29 is 4.79 Å². The van der Waals surface area contributed by atoms with Gasteiger partial charge in [-0.1, -0.05) is 11.6 Å². The molecule has 5 nitrogen and oxygen atoms in total. The number of hydrogen-bond acceptors (Lipinski definition) is 3. The molecular formula is C17H21ClN4O. The number of H-pyrrole nitrogens is 1. The minimum absolute atomic E-state index is 0.0377. The summed E-state index contributed by atoms with van der Waals surface area (Å²) in [5, 5.41) is 3.73. The van der Waals surface area contributed by atoms with Crippen molar-refractivity contribution in [2.75, 3.05) is 19.6 Å². The number of hydrogen-bond donors (Lipinski definition) is 2. The van der Waals surface area contributed by atoms with Crippen molar-refractivity contribution in [2.24, 2.45) is 5.92 Å². The van der Waals surface area contributed by atoms with Crippen molar-refractivity contribution in [1.82, 2.24) is 20.2 Å². The van der Waals surface area contributed by atoms with E-state index in [4.69, 9.17) is 11.6 Å². The van der Waals surface area contributed by atoms with Gasteiger partial charge in [0.1, 0.15) is 5.69 Å². The van der Waals surface area contributed by atoms with E-state index in [2.05, 4.69) is 20.2 Å². The molecule has 1 saturated heterocycles. The summed E-state index contributed by atoms with van der Waals surface area (Å²) < 4.78 is 0. The number of aromatic nitrogens is 2. The van der Waals surface area contributed by atoms with Crippen LogP contribution in [0, 0.1) is 5.92 Å². The Morgan fingerprint density at radius 3 is 3.17 bits per heavy atom. The highest BCUT2D eigenvalue weighted by molar-refractivity contribution is 6.31. The summed E-state index contributed by atoms with van der Waals surface area (Å²) >= 11 is 6.19. The maximum absolute atomic E-state index is 12.0. The first kappa shape index (κ1) is 16.0. The van der Waals surface area contributed by atoms with Crippen LogP contribution in [-0.4, -0.2) is 40.4 Å². The number of amides is 1. The quantitative estimate of drug-likeness (QED) is 0.885. The Kier molecular flexibility index (Phi) is 5.31. The number of carbonyl (C=O) groups excluding carboxylic acids is 1. The van der Waals surface area contributed by atoms with Crippen LogP contribution < -0.4 is 5.32 Å². The van der Waals surface area contributed by atoms with Crippen LogP contribution in [0.5, 0.6) is 0 Å². The van der Waals surface area contributed by atoms with Crippen LogP contribution in [0.2, 0.25) is 5.02 Å². The molecule has 2 aromatic heterocycles. The van der Waals surface area contributed by atoms with Crippen molar-refractivity contribution in [3.8, 4) is 0 Å². The number of aromatic amines is 1. The highest BCUT2D eigenvalue weighted by Crippen LogP contribution is 2.21. The zero-order valence-corrected chi connectivity index (χ0v) is 13.7. The molecule has 0 saturated carbocycles. The monoisotopic (exact) mass is 332 g/mol. The van der Waals surface area contributed by atoms with Gasteiger partial charge in [-0.2, -0.15) is 0 Å². The van der Waals surface area contributed by atoms with Gasteiger partial charge >= 0.3 is 0 Å². The standard InChI is InChI=1S/C17H21ClN4O/c18-15-10-19-7-5-14(15)12-22-8-2-3-13(11-22)9-21-17(23)16-4-1-6-20-16/h1,4-7,10,13,20H,2-3,8-9,11-12H2,(H,21,23). The summed E-state index contributed by atoms with van der Waals surface area (Å²) in [5.41, 5.74) is 1.72. The molecule has 0 bridgehead atoms. The average molecular weight is 333 g/mol. The van der Waals surface area contributed by atoms with Crippen molar-refractivity contribution >= 4 is 17.5 Å². The van der Waals surface area contributed by atoms with Crippen LogP contribution in [0.25, 0.3) is 0 Å². The molecule has 122 valence electrons. The molecule has 0 spiro atoms. The normalized spacial score (nSPS) is 18.7. The predicted octanol–water partition coefficient (Wildman–Crippen LogP) is 2.71. The molecule has 2 aromatic rings. The molecule has 1 unspecified atom stereocenters. The first-order valence-electron chi connectivity index (χ1n) is 7.94. The number of rotatable bonds is 5. The number of carbonyl (C=O) groups is 1. The zero-order chi connectivity index (χ0) is 16.1. The molecule has 1 amide bonds. The molecule has 2 N–H and O–H groups in total. The smallest absolute Gasteiger partial charge is 0.267 e. The lowest BCUT2D eigenvalue weighted by molar-refractivity contribution is 0.0926. The maximum Gasteiger partial charge on any atom is 0.267 e. The van der Waals surface area contributed by atoms with E-state index in [0.29, 0.717) is 18.2 Å². The van der Waals surface area contributed by atoms with Gasteiger partial charge in [-0.05, 0) is 49.1 Å². The molecule has 3 rings (SSSR count). The fourth-order valence-corrected chi connectivity index (χ4v) is 3.22. The van der Waals surface area contributed by atoms with Gasteiger partial charge in [-0.3, -0.25) is 14.7 Å². The molecule has 0 aliphatic carbocycles. The lowest BCUT2D eigenvalue weighted by Gasteiger charge is -2.33. The summed E-state index contributed by atoms with van der Waals surface area (Å²) in [6.07, 6.45) is 7.52. The first-order chi connectivity index (χ1) is 11.2. The molecule has 1 atom stereocenters. The van der Waals surface area contributed by atoms with Gasteiger partial charge in [0.2, 0.25) is 0 Å². The maximum atomic E-state index is 12.0. The van der Waals surface area contributed by atoms with Gasteiger partial charge in [-0.15, -0.1) is 0 Å². The largest absolute Gasteiger partial charge is 0.357 e. The second-order valence-electron chi connectivity index (χ2n) is 6.00. The Morgan fingerprint density at radius 2 is 2.39 bits per heavy atom. The van der Waals surface area contributed by atoms with Gasteiger partial charge in [0.05, 0.1) is 5.02 Å². The fourth-order valence-electron chi connectivity index (χ4n) is 3.04. The molecule has 3 heterocycles. The molecular weight excluding hydrogens is 312 g/mol. The van der Waals surface area contributed by atoms with E-state index in [-0.39, 0.29) is 5.91 Å². The van der Waals surface area contributed by atoms with Crippen LogP contribution in [0.1, 0.15) is 28.9 Å². The number of halogens is 1. The lowest BCUT2D eigenvalue weighted by atomic mass is 9.97. The van der Waals surface area contributed by atoms with Gasteiger partial charge < -0.3 is 10.3 Å². The van der Waals surface area contributed by atoms with Crippen LogP contribution in [0.3, 0.4) is 0 Å². The number of piperidine rings is 1. The number of pyridine rings is 1. The van der Waals surface area contributed by atoms with Gasteiger partial charge in [0.15, 0.2) is 0 Å². The molecule has 1 aliphatic rings. The van der Waals surface area contributed by atoms with E-state index in [9.17, 15) is 4.79 Å². The van der Waals surface area contributed by atoms with Gasteiger partial charge in [-0.25, -0.2) is 0 Å². The minimum Gasteiger partial charge on any atom is -0.357 e. The Balaban J connectivity index is 1.50. The molecule has 23 heavy (non-hydrogen) atoms. The fraction of sp³-hybridized carbons (Fsp3) is 0.412. The zero-order valence-electron chi connectivity index (χ0n) is 13.0. The van der Waals surface area contributed by atoms with Crippen LogP contribution >= 0.6 is 11.6 Å². The summed E-state index contributed by atoms with van der Waals surface area (Å²) in [6, 6.07) is 5.59. The van der Waals surface area contributed by atoms with E-state index in [1.165, 1.54) is 0 Å². The Labute approximate surface area is 141 Å². The third kappa shape index (κ3) is 4.33. The molecule has 1 aliphatic heterocycles. The van der Waals surface area contributed by atoms with Crippen molar-refractivity contribution in [2.45, 2.75) is 19.4 Å². The third-order valence-electron chi connectivity index (χ3n) is 4.25. The summed E-state index contributed by atoms with van der Waals surface area (Å²) in [6.45, 7) is 3.59. The van der Waals surface area contributed by atoms with Crippen LogP contribution in [0.15, 0.2) is 36.8 Å². The SMILES string of the molecule is O=C(NCC1CCCN(Cc2ccncc2Cl)C1)c1ccc[nH]1. The molecule has 6 heteroatoms. The number of likely N-dealkylation sites (tertiary alicyclic amines) is 1. The van der Waals surface area contributed by atoms with E-state index in [1.807, 2.05) is 12.1 Å². The van der Waals surface area contributed by atoms with Crippen molar-refractivity contribution in [1.29, 1.82) is 0 Å². The van der Waals surface area contributed by atoms with Crippen LogP contribution in [-0.2, 0) is 6.54 Å².